The Morgan fingerprint density at radius 1 is 1.10 bits per heavy atom. The highest BCUT2D eigenvalue weighted by Gasteiger charge is 2.20. The Hall–Kier alpha value is -4.58. The molecule has 0 radical (unpaired) electrons. The van der Waals surface area contributed by atoms with E-state index in [9.17, 15) is 18.4 Å². The van der Waals surface area contributed by atoms with Gasteiger partial charge < -0.3 is 26.0 Å². The topological polar surface area (TPSA) is 122 Å². The van der Waals surface area contributed by atoms with Gasteiger partial charge in [-0.15, -0.1) is 0 Å². The summed E-state index contributed by atoms with van der Waals surface area (Å²) in [5.74, 6) is -2.55. The second kappa shape index (κ2) is 12.5. The molecular weight excluding hydrogens is 520 g/mol. The average Bonchev–Trinajstić information content (AvgIpc) is 3.39. The lowest BCUT2D eigenvalue weighted by molar-refractivity contribution is -0.122. The Bertz CT molecular complexity index is 1540. The maximum Gasteiger partial charge on any atom is 0.252 e. The molecule has 4 rings (SSSR count). The van der Waals surface area contributed by atoms with Crippen LogP contribution in [0.2, 0.25) is 0 Å². The van der Waals surface area contributed by atoms with Crippen molar-refractivity contribution in [1.29, 1.82) is 0 Å². The van der Waals surface area contributed by atoms with Crippen LogP contribution in [0.4, 0.5) is 20.3 Å². The molecule has 0 fully saturated rings. The molecule has 2 amide bonds. The molecule has 0 saturated carbocycles. The van der Waals surface area contributed by atoms with Crippen LogP contribution >= 0.6 is 0 Å². The number of hydrogen-bond acceptors (Lipinski definition) is 7. The number of hydrogen-bond donors (Lipinski definition) is 4. The van der Waals surface area contributed by atoms with E-state index in [0.717, 1.165) is 5.56 Å². The number of aromatic nitrogens is 3. The zero-order chi connectivity index (χ0) is 28.8. The summed E-state index contributed by atoms with van der Waals surface area (Å²) in [6.45, 7) is 4.64. The normalized spacial score (nSPS) is 11.8. The number of likely N-dealkylation sites (N-methyl/N-ethyl adjacent to an activating group) is 1. The third-order valence-electron chi connectivity index (χ3n) is 6.38. The number of nitrogens with zero attached hydrogens (tertiary/aromatic N) is 3. The highest BCUT2D eigenvalue weighted by atomic mass is 19.2. The smallest absolute Gasteiger partial charge is 0.252 e. The SMILES string of the molecule is CCc1cc(Nc2nccn3c(-c4ccc(OC)c(F)c4F)cnc23)ccc1C(=O)N[C@H](C)C(=O)NCCNC. The number of imidazole rings is 1. The first-order valence-corrected chi connectivity index (χ1v) is 12.8. The summed E-state index contributed by atoms with van der Waals surface area (Å²) >= 11 is 0. The van der Waals surface area contributed by atoms with Crippen molar-refractivity contribution in [2.24, 2.45) is 0 Å². The standard InChI is InChI=1S/C28H31F2N7O3/c1-5-17-14-18(6-7-19(17)28(39)35-16(2)27(38)33-11-10-31-3)36-25-26-34-15-21(37(26)13-12-32-25)20-8-9-22(40-4)24(30)23(20)29/h6-9,12-16,31H,5,10-11H2,1-4H3,(H,32,36)(H,33,38)(H,35,39)/t16-/m1/s1. The number of carbonyl (C=O) groups is 2. The van der Waals surface area contributed by atoms with Crippen molar-refractivity contribution < 1.29 is 23.1 Å². The van der Waals surface area contributed by atoms with E-state index >= 15 is 0 Å². The molecule has 0 saturated heterocycles. The van der Waals surface area contributed by atoms with Gasteiger partial charge >= 0.3 is 0 Å². The van der Waals surface area contributed by atoms with E-state index in [1.54, 1.807) is 36.7 Å². The molecule has 10 nitrogen and oxygen atoms in total. The van der Waals surface area contributed by atoms with Gasteiger partial charge in [0.2, 0.25) is 11.7 Å². The van der Waals surface area contributed by atoms with Gasteiger partial charge in [-0.25, -0.2) is 14.4 Å². The second-order valence-corrected chi connectivity index (χ2v) is 9.00. The summed E-state index contributed by atoms with van der Waals surface area (Å²) < 4.78 is 35.6. The van der Waals surface area contributed by atoms with Crippen LogP contribution in [0.25, 0.3) is 16.9 Å². The molecule has 2 aromatic carbocycles. The number of benzene rings is 2. The van der Waals surface area contributed by atoms with Gasteiger partial charge in [-0.2, -0.15) is 4.39 Å². The number of halogens is 2. The molecule has 0 unspecified atom stereocenters. The third kappa shape index (κ3) is 5.86. The van der Waals surface area contributed by atoms with Crippen molar-refractivity contribution in [3.05, 3.63) is 71.7 Å². The van der Waals surface area contributed by atoms with Crippen LogP contribution in [0, 0.1) is 11.6 Å². The maximum atomic E-state index is 14.8. The minimum atomic E-state index is -1.08. The quantitative estimate of drug-likeness (QED) is 0.211. The van der Waals surface area contributed by atoms with Gasteiger partial charge in [0.05, 0.1) is 19.0 Å². The van der Waals surface area contributed by atoms with Crippen molar-refractivity contribution >= 4 is 29.0 Å². The molecule has 12 heteroatoms. The van der Waals surface area contributed by atoms with E-state index in [1.807, 2.05) is 13.0 Å². The number of aryl methyl sites for hydroxylation is 1. The molecule has 1 atom stereocenters. The molecule has 0 aliphatic carbocycles. The Morgan fingerprint density at radius 3 is 2.62 bits per heavy atom. The Kier molecular flexibility index (Phi) is 8.90. The molecule has 4 N–H and O–H groups in total. The zero-order valence-electron chi connectivity index (χ0n) is 22.6. The fourth-order valence-electron chi connectivity index (χ4n) is 4.22. The van der Waals surface area contributed by atoms with Gasteiger partial charge in [0, 0.05) is 42.3 Å². The predicted octanol–water partition coefficient (Wildman–Crippen LogP) is 3.44. The number of ether oxygens (including phenoxy) is 1. The molecule has 2 aromatic heterocycles. The van der Waals surface area contributed by atoms with E-state index in [0.29, 0.717) is 47.9 Å². The monoisotopic (exact) mass is 551 g/mol. The molecule has 0 bridgehead atoms. The van der Waals surface area contributed by atoms with Crippen molar-refractivity contribution in [2.75, 3.05) is 32.6 Å². The molecular formula is C28H31F2N7O3. The first-order valence-electron chi connectivity index (χ1n) is 12.8. The van der Waals surface area contributed by atoms with Crippen LogP contribution in [-0.2, 0) is 11.2 Å². The first kappa shape index (κ1) is 28.4. The van der Waals surface area contributed by atoms with Crippen molar-refractivity contribution in [2.45, 2.75) is 26.3 Å². The summed E-state index contributed by atoms with van der Waals surface area (Å²) in [6, 6.07) is 7.30. The molecule has 2 heterocycles. The van der Waals surface area contributed by atoms with Gasteiger partial charge in [0.15, 0.2) is 23.0 Å². The second-order valence-electron chi connectivity index (χ2n) is 9.00. The number of rotatable bonds is 11. The highest BCUT2D eigenvalue weighted by molar-refractivity contribution is 5.99. The van der Waals surface area contributed by atoms with E-state index in [1.165, 1.54) is 31.6 Å². The fraction of sp³-hybridized carbons (Fsp3) is 0.286. The lowest BCUT2D eigenvalue weighted by Crippen LogP contribution is -2.46. The number of nitrogens with one attached hydrogen (secondary N) is 4. The molecule has 210 valence electrons. The number of methoxy groups -OCH3 is 1. The van der Waals surface area contributed by atoms with E-state index < -0.39 is 17.7 Å². The molecule has 0 aliphatic heterocycles. The lowest BCUT2D eigenvalue weighted by Gasteiger charge is -2.16. The van der Waals surface area contributed by atoms with Gasteiger partial charge in [-0.1, -0.05) is 6.92 Å². The van der Waals surface area contributed by atoms with Crippen molar-refractivity contribution in [3.63, 3.8) is 0 Å². The zero-order valence-corrected chi connectivity index (χ0v) is 22.6. The number of fused-ring (bicyclic) bond motifs is 1. The van der Waals surface area contributed by atoms with Crippen LogP contribution < -0.4 is 26.0 Å². The number of carbonyl (C=O) groups excluding carboxylic acids is 2. The van der Waals surface area contributed by atoms with Gasteiger partial charge in [0.25, 0.3) is 5.91 Å². The number of anilines is 2. The lowest BCUT2D eigenvalue weighted by atomic mass is 10.0. The van der Waals surface area contributed by atoms with Crippen LogP contribution in [0.15, 0.2) is 48.9 Å². The average molecular weight is 552 g/mol. The van der Waals surface area contributed by atoms with Crippen molar-refractivity contribution in [1.82, 2.24) is 30.3 Å². The fourth-order valence-corrected chi connectivity index (χ4v) is 4.22. The largest absolute Gasteiger partial charge is 0.494 e. The van der Waals surface area contributed by atoms with Crippen molar-refractivity contribution in [3.8, 4) is 17.0 Å². The number of amides is 2. The summed E-state index contributed by atoms with van der Waals surface area (Å²) in [5, 5.41) is 11.6. The van der Waals surface area contributed by atoms with E-state index in [2.05, 4.69) is 31.2 Å². The molecule has 40 heavy (non-hydrogen) atoms. The Balaban J connectivity index is 1.56. The Labute approximate surface area is 230 Å². The van der Waals surface area contributed by atoms with Gasteiger partial charge in [-0.05, 0) is 56.3 Å². The molecule has 0 spiro atoms. The predicted molar refractivity (Wildman–Crippen MR) is 148 cm³/mol. The summed E-state index contributed by atoms with van der Waals surface area (Å²) in [5.41, 5.74) is 2.62. The van der Waals surface area contributed by atoms with E-state index in [4.69, 9.17) is 4.74 Å². The van der Waals surface area contributed by atoms with Crippen LogP contribution in [-0.4, -0.2) is 59.5 Å². The Morgan fingerprint density at radius 2 is 1.90 bits per heavy atom. The van der Waals surface area contributed by atoms with Crippen LogP contribution in [0.1, 0.15) is 29.8 Å². The highest BCUT2D eigenvalue weighted by Crippen LogP contribution is 2.31. The van der Waals surface area contributed by atoms with Crippen LogP contribution in [0.5, 0.6) is 5.75 Å². The first-order chi connectivity index (χ1) is 19.3. The molecule has 4 aromatic rings. The van der Waals surface area contributed by atoms with E-state index in [-0.39, 0.29) is 23.1 Å². The summed E-state index contributed by atoms with van der Waals surface area (Å²) in [6.07, 6.45) is 5.12. The summed E-state index contributed by atoms with van der Waals surface area (Å²) in [7, 11) is 3.06. The summed E-state index contributed by atoms with van der Waals surface area (Å²) in [4.78, 5) is 33.9. The van der Waals surface area contributed by atoms with Gasteiger partial charge in [0.1, 0.15) is 6.04 Å². The molecule has 0 aliphatic rings. The third-order valence-corrected chi connectivity index (χ3v) is 6.38. The minimum Gasteiger partial charge on any atom is -0.494 e. The van der Waals surface area contributed by atoms with Crippen LogP contribution in [0.3, 0.4) is 0 Å². The van der Waals surface area contributed by atoms with Gasteiger partial charge in [-0.3, -0.25) is 14.0 Å². The minimum absolute atomic E-state index is 0.0246. The maximum absolute atomic E-state index is 14.8.